The van der Waals surface area contributed by atoms with Crippen molar-refractivity contribution in [2.24, 2.45) is 5.92 Å². The Labute approximate surface area is 179 Å². The van der Waals surface area contributed by atoms with Crippen LogP contribution >= 0.6 is 0 Å². The third-order valence-corrected chi connectivity index (χ3v) is 5.52. The van der Waals surface area contributed by atoms with E-state index >= 15 is 0 Å². The van der Waals surface area contributed by atoms with Crippen molar-refractivity contribution in [3.8, 4) is 17.2 Å². The number of aryl methyl sites for hydroxylation is 1. The predicted octanol–water partition coefficient (Wildman–Crippen LogP) is 3.69. The average molecular weight is 416 g/mol. The Morgan fingerprint density at radius 2 is 1.70 bits per heavy atom. The number of nitrogens with zero attached hydrogens (tertiary/aromatic N) is 3. The summed E-state index contributed by atoms with van der Waals surface area (Å²) in [4.78, 5) is 11.6. The standard InChI is InChI=1S/C23H33N3O4/c1-7-10-26(14-16-8-9-16)21-13-20(24-15(2)25-21)23(3,27)22-18(29-5)11-17(28-4)12-19(22)30-6/h11-13,16,27H,7-10,14H2,1-6H3. The van der Waals surface area contributed by atoms with Gasteiger partial charge in [0.15, 0.2) is 0 Å². The van der Waals surface area contributed by atoms with Crippen molar-refractivity contribution >= 4 is 5.82 Å². The molecule has 1 unspecified atom stereocenters. The molecule has 0 bridgehead atoms. The number of rotatable bonds is 10. The molecular weight excluding hydrogens is 382 g/mol. The summed E-state index contributed by atoms with van der Waals surface area (Å²) in [6, 6.07) is 5.35. The van der Waals surface area contributed by atoms with Crippen LogP contribution in [0.1, 0.15) is 50.2 Å². The van der Waals surface area contributed by atoms with E-state index in [0.717, 1.165) is 31.2 Å². The van der Waals surface area contributed by atoms with Crippen LogP contribution in [0.25, 0.3) is 0 Å². The van der Waals surface area contributed by atoms with Gasteiger partial charge in [-0.3, -0.25) is 0 Å². The molecule has 1 aliphatic carbocycles. The lowest BCUT2D eigenvalue weighted by molar-refractivity contribution is 0.0904. The van der Waals surface area contributed by atoms with Crippen molar-refractivity contribution in [3.63, 3.8) is 0 Å². The summed E-state index contributed by atoms with van der Waals surface area (Å²) in [6.07, 6.45) is 3.58. The molecular formula is C23H33N3O4. The molecule has 30 heavy (non-hydrogen) atoms. The maximum absolute atomic E-state index is 11.7. The van der Waals surface area contributed by atoms with Crippen LogP contribution in [0, 0.1) is 12.8 Å². The van der Waals surface area contributed by atoms with E-state index in [-0.39, 0.29) is 0 Å². The minimum Gasteiger partial charge on any atom is -0.496 e. The predicted molar refractivity (Wildman–Crippen MR) is 117 cm³/mol. The summed E-state index contributed by atoms with van der Waals surface area (Å²) in [5.41, 5.74) is -0.451. The van der Waals surface area contributed by atoms with Gasteiger partial charge in [-0.15, -0.1) is 0 Å². The number of methoxy groups -OCH3 is 3. The molecule has 3 rings (SSSR count). The van der Waals surface area contributed by atoms with Gasteiger partial charge in [0.25, 0.3) is 0 Å². The first-order valence-corrected chi connectivity index (χ1v) is 10.5. The highest BCUT2D eigenvalue weighted by atomic mass is 16.5. The number of anilines is 1. The van der Waals surface area contributed by atoms with E-state index in [1.54, 1.807) is 40.4 Å². The van der Waals surface area contributed by atoms with E-state index in [2.05, 4.69) is 21.8 Å². The monoisotopic (exact) mass is 415 g/mol. The average Bonchev–Trinajstić information content (AvgIpc) is 3.55. The molecule has 164 valence electrons. The number of aromatic nitrogens is 2. The van der Waals surface area contributed by atoms with Gasteiger partial charge >= 0.3 is 0 Å². The van der Waals surface area contributed by atoms with E-state index in [0.29, 0.717) is 34.3 Å². The summed E-state index contributed by atoms with van der Waals surface area (Å²) in [5.74, 6) is 3.72. The lowest BCUT2D eigenvalue weighted by Gasteiger charge is -2.29. The van der Waals surface area contributed by atoms with Crippen LogP contribution in [0.3, 0.4) is 0 Å². The molecule has 0 aliphatic heterocycles. The highest BCUT2D eigenvalue weighted by Gasteiger charge is 2.36. The minimum atomic E-state index is -1.46. The van der Waals surface area contributed by atoms with Gasteiger partial charge < -0.3 is 24.2 Å². The lowest BCUT2D eigenvalue weighted by atomic mass is 9.90. The van der Waals surface area contributed by atoms with E-state index in [9.17, 15) is 5.11 Å². The van der Waals surface area contributed by atoms with Crippen molar-refractivity contribution in [1.82, 2.24) is 9.97 Å². The van der Waals surface area contributed by atoms with Crippen LogP contribution in [-0.4, -0.2) is 49.5 Å². The van der Waals surface area contributed by atoms with Gasteiger partial charge in [-0.2, -0.15) is 0 Å². The molecule has 1 atom stereocenters. The van der Waals surface area contributed by atoms with Crippen LogP contribution in [0.15, 0.2) is 18.2 Å². The first-order chi connectivity index (χ1) is 14.3. The molecule has 1 N–H and O–H groups in total. The highest BCUT2D eigenvalue weighted by molar-refractivity contribution is 5.56. The van der Waals surface area contributed by atoms with Crippen molar-refractivity contribution < 1.29 is 19.3 Å². The zero-order chi connectivity index (χ0) is 21.9. The molecule has 7 heteroatoms. The Morgan fingerprint density at radius 3 is 2.20 bits per heavy atom. The Hall–Kier alpha value is -2.54. The number of ether oxygens (including phenoxy) is 3. The van der Waals surface area contributed by atoms with E-state index in [1.807, 2.05) is 13.0 Å². The summed E-state index contributed by atoms with van der Waals surface area (Å²) in [5, 5.41) is 11.7. The van der Waals surface area contributed by atoms with Crippen LogP contribution in [0.5, 0.6) is 17.2 Å². The normalized spacial score (nSPS) is 15.4. The Kier molecular flexibility index (Phi) is 6.71. The SMILES string of the molecule is CCCN(CC1CC1)c1cc(C(C)(O)c2c(OC)cc(OC)cc2OC)nc(C)n1. The van der Waals surface area contributed by atoms with E-state index in [4.69, 9.17) is 14.2 Å². The van der Waals surface area contributed by atoms with Crippen molar-refractivity contribution in [2.45, 2.75) is 45.6 Å². The van der Waals surface area contributed by atoms with E-state index in [1.165, 1.54) is 12.8 Å². The quantitative estimate of drug-likeness (QED) is 0.634. The molecule has 0 spiro atoms. The van der Waals surface area contributed by atoms with Crippen LogP contribution < -0.4 is 19.1 Å². The highest BCUT2D eigenvalue weighted by Crippen LogP contribution is 2.44. The Balaban J connectivity index is 2.09. The van der Waals surface area contributed by atoms with Crippen LogP contribution in [0.4, 0.5) is 5.82 Å². The molecule has 1 aromatic heterocycles. The summed E-state index contributed by atoms with van der Waals surface area (Å²) < 4.78 is 16.5. The maximum Gasteiger partial charge on any atom is 0.136 e. The van der Waals surface area contributed by atoms with Crippen molar-refractivity contribution in [1.29, 1.82) is 0 Å². The topological polar surface area (TPSA) is 76.9 Å². The molecule has 1 heterocycles. The summed E-state index contributed by atoms with van der Waals surface area (Å²) >= 11 is 0. The number of hydrogen-bond acceptors (Lipinski definition) is 7. The molecule has 7 nitrogen and oxygen atoms in total. The van der Waals surface area contributed by atoms with Gasteiger partial charge in [-0.1, -0.05) is 6.92 Å². The zero-order valence-electron chi connectivity index (χ0n) is 18.9. The number of benzene rings is 1. The van der Waals surface area contributed by atoms with Crippen molar-refractivity contribution in [3.05, 3.63) is 35.3 Å². The molecule has 1 fully saturated rings. The Morgan fingerprint density at radius 1 is 1.07 bits per heavy atom. The Bertz CT molecular complexity index is 856. The summed E-state index contributed by atoms with van der Waals surface area (Å²) in [6.45, 7) is 7.63. The van der Waals surface area contributed by atoms with Crippen LogP contribution in [0.2, 0.25) is 0 Å². The lowest BCUT2D eigenvalue weighted by Crippen LogP contribution is -2.30. The zero-order valence-corrected chi connectivity index (χ0v) is 18.9. The fraction of sp³-hybridized carbons (Fsp3) is 0.565. The fourth-order valence-corrected chi connectivity index (χ4v) is 3.76. The third kappa shape index (κ3) is 4.61. The first-order valence-electron chi connectivity index (χ1n) is 10.5. The van der Waals surface area contributed by atoms with Crippen molar-refractivity contribution in [2.75, 3.05) is 39.3 Å². The van der Waals surface area contributed by atoms with Gasteiger partial charge in [0.1, 0.15) is 34.5 Å². The first kappa shape index (κ1) is 22.2. The molecule has 1 saturated carbocycles. The van der Waals surface area contributed by atoms with E-state index < -0.39 is 5.60 Å². The number of hydrogen-bond donors (Lipinski definition) is 1. The molecule has 0 saturated heterocycles. The molecule has 1 aliphatic rings. The molecule has 0 amide bonds. The second-order valence-electron chi connectivity index (χ2n) is 8.03. The maximum atomic E-state index is 11.7. The summed E-state index contributed by atoms with van der Waals surface area (Å²) in [7, 11) is 4.69. The largest absolute Gasteiger partial charge is 0.496 e. The smallest absolute Gasteiger partial charge is 0.136 e. The molecule has 1 aromatic carbocycles. The second-order valence-corrected chi connectivity index (χ2v) is 8.03. The molecule has 0 radical (unpaired) electrons. The van der Waals surface area contributed by atoms with Gasteiger partial charge in [-0.05, 0) is 39.0 Å². The third-order valence-electron chi connectivity index (χ3n) is 5.52. The van der Waals surface area contributed by atoms with Gasteiger partial charge in [0, 0.05) is 31.3 Å². The molecule has 2 aromatic rings. The minimum absolute atomic E-state index is 0.470. The number of aliphatic hydroxyl groups is 1. The fourth-order valence-electron chi connectivity index (χ4n) is 3.76. The van der Waals surface area contributed by atoms with Gasteiger partial charge in [0.05, 0.1) is 32.6 Å². The van der Waals surface area contributed by atoms with Gasteiger partial charge in [-0.25, -0.2) is 9.97 Å². The van der Waals surface area contributed by atoms with Gasteiger partial charge in [0.2, 0.25) is 0 Å². The van der Waals surface area contributed by atoms with Crippen LogP contribution in [-0.2, 0) is 5.60 Å². The second kappa shape index (κ2) is 9.08.